The Kier molecular flexibility index (Phi) is 3.25. The first-order chi connectivity index (χ1) is 7.85. The zero-order chi connectivity index (χ0) is 11.4. The van der Waals surface area contributed by atoms with E-state index in [9.17, 15) is 0 Å². The zero-order valence-corrected chi connectivity index (χ0v) is 9.73. The second-order valence-electron chi connectivity index (χ2n) is 3.75. The molecule has 0 spiro atoms. The molecule has 0 unspecified atom stereocenters. The summed E-state index contributed by atoms with van der Waals surface area (Å²) in [6, 6.07) is 16.7. The van der Waals surface area contributed by atoms with Crippen molar-refractivity contribution in [2.45, 2.75) is 13.3 Å². The standard InChI is InChI=1S/C15H16O/c1-3-12-8-10-13(11-9-12)14-6-4-5-7-15(14)16-2/h4-11H,3H2,1-2H3. The summed E-state index contributed by atoms with van der Waals surface area (Å²) in [5, 5.41) is 0. The smallest absolute Gasteiger partial charge is 0.126 e. The fourth-order valence-electron chi connectivity index (χ4n) is 1.80. The molecule has 0 bridgehead atoms. The predicted molar refractivity (Wildman–Crippen MR) is 67.8 cm³/mol. The van der Waals surface area contributed by atoms with Crippen LogP contribution in [0.3, 0.4) is 0 Å². The Labute approximate surface area is 96.7 Å². The van der Waals surface area contributed by atoms with Gasteiger partial charge in [0.2, 0.25) is 0 Å². The van der Waals surface area contributed by atoms with Gasteiger partial charge in [-0.1, -0.05) is 49.4 Å². The molecule has 0 aromatic heterocycles. The van der Waals surface area contributed by atoms with E-state index in [1.54, 1.807) is 7.11 Å². The van der Waals surface area contributed by atoms with E-state index in [0.717, 1.165) is 17.7 Å². The first-order valence-electron chi connectivity index (χ1n) is 5.57. The molecule has 2 rings (SSSR count). The highest BCUT2D eigenvalue weighted by Crippen LogP contribution is 2.29. The van der Waals surface area contributed by atoms with E-state index < -0.39 is 0 Å². The molecule has 16 heavy (non-hydrogen) atoms. The van der Waals surface area contributed by atoms with Gasteiger partial charge in [0.05, 0.1) is 7.11 Å². The van der Waals surface area contributed by atoms with E-state index in [4.69, 9.17) is 4.74 Å². The lowest BCUT2D eigenvalue weighted by molar-refractivity contribution is 0.416. The van der Waals surface area contributed by atoms with Crippen molar-refractivity contribution in [1.82, 2.24) is 0 Å². The second-order valence-corrected chi connectivity index (χ2v) is 3.75. The molecule has 1 heteroatoms. The van der Waals surface area contributed by atoms with Crippen LogP contribution in [0.25, 0.3) is 11.1 Å². The van der Waals surface area contributed by atoms with Crippen molar-refractivity contribution in [3.63, 3.8) is 0 Å². The summed E-state index contributed by atoms with van der Waals surface area (Å²) < 4.78 is 5.36. The highest BCUT2D eigenvalue weighted by Gasteiger charge is 2.03. The molecule has 0 aliphatic heterocycles. The largest absolute Gasteiger partial charge is 0.496 e. The maximum atomic E-state index is 5.36. The number of ether oxygens (including phenoxy) is 1. The third-order valence-electron chi connectivity index (χ3n) is 2.78. The van der Waals surface area contributed by atoms with E-state index in [1.165, 1.54) is 11.1 Å². The van der Waals surface area contributed by atoms with E-state index >= 15 is 0 Å². The Morgan fingerprint density at radius 3 is 2.25 bits per heavy atom. The average molecular weight is 212 g/mol. The number of para-hydroxylation sites is 1. The molecule has 82 valence electrons. The van der Waals surface area contributed by atoms with Crippen molar-refractivity contribution in [3.8, 4) is 16.9 Å². The van der Waals surface area contributed by atoms with Gasteiger partial charge in [0.1, 0.15) is 5.75 Å². The van der Waals surface area contributed by atoms with Crippen LogP contribution in [0.2, 0.25) is 0 Å². The maximum Gasteiger partial charge on any atom is 0.126 e. The van der Waals surface area contributed by atoms with Crippen LogP contribution >= 0.6 is 0 Å². The molecular weight excluding hydrogens is 196 g/mol. The molecule has 0 amide bonds. The molecule has 0 radical (unpaired) electrons. The van der Waals surface area contributed by atoms with Gasteiger partial charge in [-0.05, 0) is 23.6 Å². The maximum absolute atomic E-state index is 5.36. The fourth-order valence-corrected chi connectivity index (χ4v) is 1.80. The summed E-state index contributed by atoms with van der Waals surface area (Å²) in [4.78, 5) is 0. The minimum atomic E-state index is 0.923. The van der Waals surface area contributed by atoms with Gasteiger partial charge in [-0.2, -0.15) is 0 Å². The lowest BCUT2D eigenvalue weighted by Crippen LogP contribution is -1.87. The monoisotopic (exact) mass is 212 g/mol. The third kappa shape index (κ3) is 2.08. The normalized spacial score (nSPS) is 10.1. The van der Waals surface area contributed by atoms with Gasteiger partial charge in [-0.15, -0.1) is 0 Å². The Balaban J connectivity index is 2.42. The van der Waals surface area contributed by atoms with Crippen LogP contribution in [0.1, 0.15) is 12.5 Å². The van der Waals surface area contributed by atoms with Gasteiger partial charge in [0.25, 0.3) is 0 Å². The van der Waals surface area contributed by atoms with Crippen molar-refractivity contribution in [1.29, 1.82) is 0 Å². The van der Waals surface area contributed by atoms with E-state index in [-0.39, 0.29) is 0 Å². The highest BCUT2D eigenvalue weighted by molar-refractivity contribution is 5.70. The quantitative estimate of drug-likeness (QED) is 0.749. The number of rotatable bonds is 3. The van der Waals surface area contributed by atoms with Crippen molar-refractivity contribution in [2.75, 3.05) is 7.11 Å². The molecule has 0 saturated heterocycles. The molecule has 1 nitrogen and oxygen atoms in total. The molecule has 2 aromatic carbocycles. The predicted octanol–water partition coefficient (Wildman–Crippen LogP) is 3.92. The first kappa shape index (κ1) is 10.7. The average Bonchev–Trinajstić information content (AvgIpc) is 2.39. The van der Waals surface area contributed by atoms with E-state index in [2.05, 4.69) is 37.3 Å². The molecule has 0 aliphatic carbocycles. The van der Waals surface area contributed by atoms with Crippen LogP contribution in [0.15, 0.2) is 48.5 Å². The molecule has 0 N–H and O–H groups in total. The van der Waals surface area contributed by atoms with Gasteiger partial charge >= 0.3 is 0 Å². The molecule has 0 heterocycles. The van der Waals surface area contributed by atoms with Crippen LogP contribution < -0.4 is 4.74 Å². The summed E-state index contributed by atoms with van der Waals surface area (Å²) in [5.74, 6) is 0.923. The van der Waals surface area contributed by atoms with Crippen molar-refractivity contribution in [2.24, 2.45) is 0 Å². The Morgan fingerprint density at radius 2 is 1.62 bits per heavy atom. The van der Waals surface area contributed by atoms with Crippen LogP contribution in [-0.2, 0) is 6.42 Å². The number of hydrogen-bond acceptors (Lipinski definition) is 1. The number of hydrogen-bond donors (Lipinski definition) is 0. The van der Waals surface area contributed by atoms with Crippen molar-refractivity contribution >= 4 is 0 Å². The second kappa shape index (κ2) is 4.84. The number of benzene rings is 2. The Hall–Kier alpha value is -1.76. The minimum Gasteiger partial charge on any atom is -0.496 e. The first-order valence-corrected chi connectivity index (χ1v) is 5.57. The van der Waals surface area contributed by atoms with Gasteiger partial charge < -0.3 is 4.74 Å². The summed E-state index contributed by atoms with van der Waals surface area (Å²) in [6.07, 6.45) is 1.08. The number of aryl methyl sites for hydroxylation is 1. The van der Waals surface area contributed by atoms with Crippen molar-refractivity contribution in [3.05, 3.63) is 54.1 Å². The van der Waals surface area contributed by atoms with Gasteiger partial charge in [0.15, 0.2) is 0 Å². The topological polar surface area (TPSA) is 9.23 Å². The fraction of sp³-hybridized carbons (Fsp3) is 0.200. The van der Waals surface area contributed by atoms with Gasteiger partial charge in [0, 0.05) is 5.56 Å². The summed E-state index contributed by atoms with van der Waals surface area (Å²) >= 11 is 0. The van der Waals surface area contributed by atoms with Crippen LogP contribution in [0.4, 0.5) is 0 Å². The summed E-state index contributed by atoms with van der Waals surface area (Å²) in [5.41, 5.74) is 3.71. The lowest BCUT2D eigenvalue weighted by Gasteiger charge is -2.08. The van der Waals surface area contributed by atoms with Crippen LogP contribution in [0, 0.1) is 0 Å². The molecule has 0 aliphatic rings. The minimum absolute atomic E-state index is 0.923. The van der Waals surface area contributed by atoms with E-state index in [0.29, 0.717) is 0 Å². The number of methoxy groups -OCH3 is 1. The molecule has 0 fully saturated rings. The highest BCUT2D eigenvalue weighted by atomic mass is 16.5. The van der Waals surface area contributed by atoms with Crippen LogP contribution in [0.5, 0.6) is 5.75 Å². The van der Waals surface area contributed by atoms with Crippen molar-refractivity contribution < 1.29 is 4.74 Å². The molecular formula is C15H16O. The molecule has 2 aromatic rings. The molecule has 0 atom stereocenters. The summed E-state index contributed by atoms with van der Waals surface area (Å²) in [6.45, 7) is 2.16. The Morgan fingerprint density at radius 1 is 0.938 bits per heavy atom. The Bertz CT molecular complexity index is 457. The third-order valence-corrected chi connectivity index (χ3v) is 2.78. The lowest BCUT2D eigenvalue weighted by atomic mass is 10.0. The van der Waals surface area contributed by atoms with E-state index in [1.807, 2.05) is 18.2 Å². The van der Waals surface area contributed by atoms with Crippen LogP contribution in [-0.4, -0.2) is 7.11 Å². The molecule has 0 saturated carbocycles. The summed E-state index contributed by atoms with van der Waals surface area (Å²) in [7, 11) is 1.71. The SMILES string of the molecule is CCc1ccc(-c2ccccc2OC)cc1. The van der Waals surface area contributed by atoms with Gasteiger partial charge in [-0.25, -0.2) is 0 Å². The van der Waals surface area contributed by atoms with Gasteiger partial charge in [-0.3, -0.25) is 0 Å². The zero-order valence-electron chi connectivity index (χ0n) is 9.73.